The molecule has 0 N–H and O–H groups in total. The SMILES string of the molecule is CSC(=O)C#CC(C)(C)N(C)CCOC(=O)N(C)CCN(C)C(=O)OC(C)(C)C. The minimum atomic E-state index is -0.566. The first-order valence-corrected chi connectivity index (χ1v) is 10.6. The van der Waals surface area contributed by atoms with Crippen LogP contribution >= 0.6 is 11.8 Å². The molecule has 29 heavy (non-hydrogen) atoms. The highest BCUT2D eigenvalue weighted by Gasteiger charge is 2.22. The summed E-state index contributed by atoms with van der Waals surface area (Å²) in [7, 11) is 5.08. The molecule has 0 saturated heterocycles. The lowest BCUT2D eigenvalue weighted by Gasteiger charge is -2.30. The van der Waals surface area contributed by atoms with Crippen molar-refractivity contribution in [3.63, 3.8) is 0 Å². The van der Waals surface area contributed by atoms with Crippen molar-refractivity contribution in [2.75, 3.05) is 53.6 Å². The molecule has 0 aromatic rings. The van der Waals surface area contributed by atoms with E-state index in [2.05, 4.69) is 11.8 Å². The maximum absolute atomic E-state index is 12.1. The molecular formula is C20H35N3O5S. The second-order valence-electron chi connectivity index (χ2n) is 8.16. The van der Waals surface area contributed by atoms with Gasteiger partial charge in [0.2, 0.25) is 0 Å². The molecule has 0 aromatic heterocycles. The third-order valence-electron chi connectivity index (χ3n) is 4.05. The van der Waals surface area contributed by atoms with Crippen LogP contribution in [0.2, 0.25) is 0 Å². The summed E-state index contributed by atoms with van der Waals surface area (Å²) in [6.07, 6.45) is 0.774. The molecule has 0 radical (unpaired) electrons. The minimum Gasteiger partial charge on any atom is -0.448 e. The van der Waals surface area contributed by atoms with Gasteiger partial charge in [0.25, 0.3) is 5.12 Å². The third-order valence-corrected chi connectivity index (χ3v) is 4.52. The van der Waals surface area contributed by atoms with Crippen LogP contribution in [0.25, 0.3) is 0 Å². The summed E-state index contributed by atoms with van der Waals surface area (Å²) in [5, 5.41) is -0.184. The number of thioether (sulfide) groups is 1. The van der Waals surface area contributed by atoms with E-state index in [0.29, 0.717) is 19.6 Å². The number of rotatable bonds is 7. The largest absolute Gasteiger partial charge is 0.448 e. The average molecular weight is 430 g/mol. The number of hydrogen-bond donors (Lipinski definition) is 0. The van der Waals surface area contributed by atoms with Crippen LogP contribution in [0.1, 0.15) is 34.6 Å². The van der Waals surface area contributed by atoms with Crippen molar-refractivity contribution < 1.29 is 23.9 Å². The van der Waals surface area contributed by atoms with E-state index >= 15 is 0 Å². The molecule has 166 valence electrons. The predicted octanol–water partition coefficient (Wildman–Crippen LogP) is 2.53. The zero-order chi connectivity index (χ0) is 22.8. The molecule has 0 rings (SSSR count). The summed E-state index contributed by atoms with van der Waals surface area (Å²) in [6.45, 7) is 10.5. The van der Waals surface area contributed by atoms with E-state index in [-0.39, 0.29) is 11.7 Å². The third kappa shape index (κ3) is 11.6. The summed E-state index contributed by atoms with van der Waals surface area (Å²) in [5.41, 5.74) is -1.09. The summed E-state index contributed by atoms with van der Waals surface area (Å²) < 4.78 is 10.6. The smallest absolute Gasteiger partial charge is 0.410 e. The molecule has 0 fully saturated rings. The molecular weight excluding hydrogens is 394 g/mol. The normalized spacial score (nSPS) is 11.4. The molecule has 0 aliphatic carbocycles. The number of hydrogen-bond acceptors (Lipinski definition) is 7. The van der Waals surface area contributed by atoms with Gasteiger partial charge in [-0.25, -0.2) is 9.59 Å². The van der Waals surface area contributed by atoms with Gasteiger partial charge < -0.3 is 19.3 Å². The van der Waals surface area contributed by atoms with E-state index in [9.17, 15) is 14.4 Å². The molecule has 0 aliphatic rings. The zero-order valence-corrected chi connectivity index (χ0v) is 19.9. The molecule has 9 heteroatoms. The van der Waals surface area contributed by atoms with E-state index in [1.807, 2.05) is 25.8 Å². The standard InChI is InChI=1S/C20H35N3O5S/c1-19(2,3)28-18(26)22(7)13-12-21(6)17(25)27-15-14-23(8)20(4,5)11-10-16(24)29-9/h12-15H2,1-9H3. The van der Waals surface area contributed by atoms with Crippen LogP contribution in [0.3, 0.4) is 0 Å². The van der Waals surface area contributed by atoms with Gasteiger partial charge >= 0.3 is 12.2 Å². The summed E-state index contributed by atoms with van der Waals surface area (Å²) in [6, 6.07) is 0. The summed E-state index contributed by atoms with van der Waals surface area (Å²) in [5.74, 6) is 5.53. The minimum absolute atomic E-state index is 0.184. The fourth-order valence-electron chi connectivity index (χ4n) is 1.83. The van der Waals surface area contributed by atoms with Gasteiger partial charge in [-0.15, -0.1) is 0 Å². The zero-order valence-electron chi connectivity index (χ0n) is 19.1. The maximum atomic E-state index is 12.1. The van der Waals surface area contributed by atoms with Crippen LogP contribution in [0.15, 0.2) is 0 Å². The molecule has 0 atom stereocenters. The molecule has 0 aliphatic heterocycles. The Morgan fingerprint density at radius 1 is 0.897 bits per heavy atom. The number of carbonyl (C=O) groups is 3. The van der Waals surface area contributed by atoms with Crippen LogP contribution in [0.5, 0.6) is 0 Å². The van der Waals surface area contributed by atoms with Gasteiger partial charge in [0.1, 0.15) is 12.2 Å². The van der Waals surface area contributed by atoms with Crippen molar-refractivity contribution in [1.29, 1.82) is 0 Å². The number of nitrogens with zero attached hydrogens (tertiary/aromatic N) is 3. The summed E-state index contributed by atoms with van der Waals surface area (Å²) >= 11 is 1.07. The van der Waals surface area contributed by atoms with Crippen molar-refractivity contribution in [3.8, 4) is 11.8 Å². The van der Waals surface area contributed by atoms with Crippen molar-refractivity contribution >= 4 is 29.1 Å². The Labute approximate surface area is 179 Å². The quantitative estimate of drug-likeness (QED) is 0.575. The molecule has 2 amide bonds. The highest BCUT2D eigenvalue weighted by atomic mass is 32.2. The van der Waals surface area contributed by atoms with Crippen LogP contribution < -0.4 is 0 Å². The van der Waals surface area contributed by atoms with Crippen molar-refractivity contribution in [2.24, 2.45) is 0 Å². The first-order chi connectivity index (χ1) is 13.2. The second-order valence-corrected chi connectivity index (χ2v) is 8.94. The Bertz CT molecular complexity index is 634. The van der Waals surface area contributed by atoms with Crippen LogP contribution in [0.4, 0.5) is 9.59 Å². The molecule has 0 bridgehead atoms. The van der Waals surface area contributed by atoms with Gasteiger partial charge in [-0.2, -0.15) is 0 Å². The number of amides is 2. The number of ether oxygens (including phenoxy) is 2. The second kappa shape index (κ2) is 11.9. The van der Waals surface area contributed by atoms with Gasteiger partial charge in [0, 0.05) is 33.7 Å². The van der Waals surface area contributed by atoms with Crippen molar-refractivity contribution in [1.82, 2.24) is 14.7 Å². The Hall–Kier alpha value is -1.92. The van der Waals surface area contributed by atoms with E-state index in [0.717, 1.165) is 11.8 Å². The van der Waals surface area contributed by atoms with Gasteiger partial charge in [-0.3, -0.25) is 9.69 Å². The van der Waals surface area contributed by atoms with Crippen molar-refractivity contribution in [3.05, 3.63) is 0 Å². The highest BCUT2D eigenvalue weighted by Crippen LogP contribution is 2.11. The lowest BCUT2D eigenvalue weighted by molar-refractivity contribution is -0.106. The van der Waals surface area contributed by atoms with E-state index in [1.165, 1.54) is 9.80 Å². The lowest BCUT2D eigenvalue weighted by Crippen LogP contribution is -2.43. The van der Waals surface area contributed by atoms with Crippen LogP contribution in [-0.4, -0.2) is 96.8 Å². The first kappa shape index (κ1) is 27.1. The van der Waals surface area contributed by atoms with Crippen molar-refractivity contribution in [2.45, 2.75) is 45.8 Å². The molecule has 8 nitrogen and oxygen atoms in total. The van der Waals surface area contributed by atoms with Crippen LogP contribution in [0, 0.1) is 11.8 Å². The molecule has 0 spiro atoms. The number of carbonyl (C=O) groups excluding carboxylic acids is 3. The lowest BCUT2D eigenvalue weighted by atomic mass is 10.0. The van der Waals surface area contributed by atoms with Gasteiger partial charge in [-0.05, 0) is 53.8 Å². The Morgan fingerprint density at radius 2 is 1.41 bits per heavy atom. The molecule has 0 unspecified atom stereocenters. The van der Waals surface area contributed by atoms with E-state index < -0.39 is 23.3 Å². The van der Waals surface area contributed by atoms with Gasteiger partial charge in [-0.1, -0.05) is 17.7 Å². The monoisotopic (exact) mass is 429 g/mol. The van der Waals surface area contributed by atoms with E-state index in [1.54, 1.807) is 41.1 Å². The average Bonchev–Trinajstić information content (AvgIpc) is 2.61. The molecule has 0 heterocycles. The maximum Gasteiger partial charge on any atom is 0.410 e. The predicted molar refractivity (Wildman–Crippen MR) is 116 cm³/mol. The van der Waals surface area contributed by atoms with Crippen LogP contribution in [-0.2, 0) is 14.3 Å². The van der Waals surface area contributed by atoms with Gasteiger partial charge in [0.05, 0.1) is 5.54 Å². The summed E-state index contributed by atoms with van der Waals surface area (Å²) in [4.78, 5) is 40.1. The Kier molecular flexibility index (Phi) is 11.1. The fourth-order valence-corrected chi connectivity index (χ4v) is 1.99. The number of likely N-dealkylation sites (N-methyl/N-ethyl adjacent to an activating group) is 3. The molecule has 0 aromatic carbocycles. The fraction of sp³-hybridized carbons (Fsp3) is 0.750. The topological polar surface area (TPSA) is 79.4 Å². The highest BCUT2D eigenvalue weighted by molar-refractivity contribution is 8.13. The van der Waals surface area contributed by atoms with E-state index in [4.69, 9.17) is 9.47 Å². The Morgan fingerprint density at radius 3 is 1.90 bits per heavy atom. The Balaban J connectivity index is 4.38. The first-order valence-electron chi connectivity index (χ1n) is 9.34. The molecule has 0 saturated carbocycles. The van der Waals surface area contributed by atoms with Gasteiger partial charge in [0.15, 0.2) is 0 Å².